The third-order valence-corrected chi connectivity index (χ3v) is 5.75. The van der Waals surface area contributed by atoms with Gasteiger partial charge in [0.05, 0.1) is 13.0 Å². The van der Waals surface area contributed by atoms with Crippen molar-refractivity contribution in [3.63, 3.8) is 0 Å². The minimum atomic E-state index is -1.41. The van der Waals surface area contributed by atoms with Gasteiger partial charge in [0, 0.05) is 17.5 Å². The lowest BCUT2D eigenvalue weighted by Crippen LogP contribution is -2.56. The molecule has 144 valence electrons. The van der Waals surface area contributed by atoms with Gasteiger partial charge in [-0.1, -0.05) is 54.1 Å². The Kier molecular flexibility index (Phi) is 4.69. The number of halogens is 1. The van der Waals surface area contributed by atoms with E-state index < -0.39 is 41.3 Å². The molecule has 28 heavy (non-hydrogen) atoms. The smallest absolute Gasteiger partial charge is 0.327 e. The zero-order valence-electron chi connectivity index (χ0n) is 15.1. The lowest BCUT2D eigenvalue weighted by atomic mass is 9.76. The lowest BCUT2D eigenvalue weighted by molar-refractivity contribution is -0.160. The van der Waals surface area contributed by atoms with E-state index in [2.05, 4.69) is 5.32 Å². The number of carbonyl (C=O) groups is 3. The fourth-order valence-corrected chi connectivity index (χ4v) is 4.41. The first kappa shape index (κ1) is 18.7. The average molecular weight is 400 g/mol. The van der Waals surface area contributed by atoms with Crippen LogP contribution in [0, 0.1) is 11.8 Å². The lowest BCUT2D eigenvalue weighted by Gasteiger charge is -2.31. The first-order chi connectivity index (χ1) is 13.5. The number of nitrogens with one attached hydrogen (secondary N) is 1. The normalized spacial score (nSPS) is 28.7. The van der Waals surface area contributed by atoms with Crippen LogP contribution in [0.2, 0.25) is 5.02 Å². The molecule has 0 aromatic heterocycles. The molecule has 0 unspecified atom stereocenters. The van der Waals surface area contributed by atoms with E-state index >= 15 is 0 Å². The van der Waals surface area contributed by atoms with E-state index in [0.717, 1.165) is 11.1 Å². The number of esters is 3. The van der Waals surface area contributed by atoms with Crippen LogP contribution in [-0.2, 0) is 30.3 Å². The van der Waals surface area contributed by atoms with Gasteiger partial charge >= 0.3 is 17.9 Å². The molecule has 2 aliphatic rings. The Morgan fingerprint density at radius 2 is 1.79 bits per heavy atom. The van der Waals surface area contributed by atoms with Crippen molar-refractivity contribution in [1.82, 2.24) is 5.32 Å². The number of cyclic esters (lactones) is 2. The predicted octanol–water partition coefficient (Wildman–Crippen LogP) is 2.45. The highest BCUT2D eigenvalue weighted by atomic mass is 35.5. The Bertz CT molecular complexity index is 930. The minimum absolute atomic E-state index is 0.189. The first-order valence-corrected chi connectivity index (χ1v) is 9.25. The van der Waals surface area contributed by atoms with Gasteiger partial charge in [-0.3, -0.25) is 19.7 Å². The van der Waals surface area contributed by atoms with E-state index in [9.17, 15) is 14.4 Å². The van der Waals surface area contributed by atoms with Gasteiger partial charge in [-0.2, -0.15) is 0 Å². The Balaban J connectivity index is 1.83. The quantitative estimate of drug-likeness (QED) is 0.628. The highest BCUT2D eigenvalue weighted by Gasteiger charge is 2.68. The van der Waals surface area contributed by atoms with Gasteiger partial charge in [-0.25, -0.2) is 0 Å². The van der Waals surface area contributed by atoms with Gasteiger partial charge in [-0.15, -0.1) is 0 Å². The van der Waals surface area contributed by atoms with E-state index in [1.54, 1.807) is 24.3 Å². The van der Waals surface area contributed by atoms with Crippen molar-refractivity contribution in [3.05, 3.63) is 70.7 Å². The fraction of sp³-hybridized carbons (Fsp3) is 0.286. The van der Waals surface area contributed by atoms with Crippen LogP contribution in [0.5, 0.6) is 0 Å². The molecule has 2 fully saturated rings. The topological polar surface area (TPSA) is 81.7 Å². The van der Waals surface area contributed by atoms with Crippen LogP contribution in [-0.4, -0.2) is 30.6 Å². The summed E-state index contributed by atoms with van der Waals surface area (Å²) in [6, 6.07) is 15.6. The summed E-state index contributed by atoms with van der Waals surface area (Å²) >= 11 is 5.98. The second kappa shape index (κ2) is 7.04. The number of ether oxygens (including phenoxy) is 2. The van der Waals surface area contributed by atoms with Crippen LogP contribution in [0.15, 0.2) is 54.6 Å². The van der Waals surface area contributed by atoms with Crippen LogP contribution in [0.1, 0.15) is 17.2 Å². The summed E-state index contributed by atoms with van der Waals surface area (Å²) in [6.07, 6.45) is 0.189. The van der Waals surface area contributed by atoms with Gasteiger partial charge in [0.25, 0.3) is 0 Å². The molecule has 6 nitrogen and oxygen atoms in total. The van der Waals surface area contributed by atoms with Gasteiger partial charge in [0.15, 0.2) is 0 Å². The van der Waals surface area contributed by atoms with Crippen molar-refractivity contribution in [2.45, 2.75) is 18.0 Å². The number of methoxy groups -OCH3 is 1. The summed E-state index contributed by atoms with van der Waals surface area (Å²) in [5, 5.41) is 3.81. The summed E-state index contributed by atoms with van der Waals surface area (Å²) in [5.74, 6) is -3.75. The molecule has 2 saturated heterocycles. The maximum atomic E-state index is 12.9. The van der Waals surface area contributed by atoms with Crippen molar-refractivity contribution in [2.24, 2.45) is 11.8 Å². The van der Waals surface area contributed by atoms with Gasteiger partial charge < -0.3 is 9.47 Å². The molecule has 7 heteroatoms. The molecular formula is C21H18ClNO5. The van der Waals surface area contributed by atoms with Crippen molar-refractivity contribution < 1.29 is 23.9 Å². The summed E-state index contributed by atoms with van der Waals surface area (Å²) in [5.41, 5.74) is 0.168. The van der Waals surface area contributed by atoms with Gasteiger partial charge in [0.1, 0.15) is 11.5 Å². The number of hydrogen-bond donors (Lipinski definition) is 1. The second-order valence-electron chi connectivity index (χ2n) is 7.04. The molecule has 2 aromatic carbocycles. The number of benzene rings is 2. The molecule has 0 bridgehead atoms. The van der Waals surface area contributed by atoms with Crippen LogP contribution in [0.3, 0.4) is 0 Å². The average Bonchev–Trinajstić information content (AvgIpc) is 3.20. The molecule has 0 radical (unpaired) electrons. The monoisotopic (exact) mass is 399 g/mol. The third kappa shape index (κ3) is 2.89. The van der Waals surface area contributed by atoms with Crippen molar-refractivity contribution in [2.75, 3.05) is 7.11 Å². The summed E-state index contributed by atoms with van der Waals surface area (Å²) < 4.78 is 10.0. The first-order valence-electron chi connectivity index (χ1n) is 8.87. The Hall–Kier alpha value is -2.70. The number of carbonyl (C=O) groups excluding carboxylic acids is 3. The van der Waals surface area contributed by atoms with Gasteiger partial charge in [0.2, 0.25) is 0 Å². The van der Waals surface area contributed by atoms with E-state index in [4.69, 9.17) is 21.1 Å². The molecule has 1 N–H and O–H groups in total. The molecule has 0 amide bonds. The zero-order chi connectivity index (χ0) is 19.9. The largest absolute Gasteiger partial charge is 0.468 e. The van der Waals surface area contributed by atoms with Crippen molar-refractivity contribution >= 4 is 29.5 Å². The molecule has 2 aliphatic heterocycles. The second-order valence-corrected chi connectivity index (χ2v) is 7.48. The van der Waals surface area contributed by atoms with Crippen LogP contribution in [0.25, 0.3) is 0 Å². The Labute approximate surface area is 166 Å². The van der Waals surface area contributed by atoms with Crippen LogP contribution in [0.4, 0.5) is 0 Å². The fourth-order valence-electron chi connectivity index (χ4n) is 4.29. The highest BCUT2D eigenvalue weighted by Crippen LogP contribution is 2.49. The predicted molar refractivity (Wildman–Crippen MR) is 100 cm³/mol. The van der Waals surface area contributed by atoms with E-state index in [-0.39, 0.29) is 6.42 Å². The van der Waals surface area contributed by atoms with Crippen LogP contribution >= 0.6 is 11.6 Å². The molecular weight excluding hydrogens is 382 g/mol. The summed E-state index contributed by atoms with van der Waals surface area (Å²) in [7, 11) is 1.27. The summed E-state index contributed by atoms with van der Waals surface area (Å²) in [6.45, 7) is 0. The molecule has 4 rings (SSSR count). The minimum Gasteiger partial charge on any atom is -0.468 e. The molecule has 2 aromatic rings. The molecule has 0 saturated carbocycles. The van der Waals surface area contributed by atoms with E-state index in [1.165, 1.54) is 7.11 Å². The number of hydrogen-bond acceptors (Lipinski definition) is 6. The molecule has 0 aliphatic carbocycles. The number of fused-ring (bicyclic) bond motifs is 1. The Morgan fingerprint density at radius 3 is 2.43 bits per heavy atom. The molecule has 2 heterocycles. The molecule has 0 spiro atoms. The standard InChI is InChI=1S/C21H18ClNO5/c1-27-20(26)21(11-12-5-3-2-4-6-12)16-15(18(24)28-19(16)25)17(23-21)13-7-9-14(22)10-8-13/h2-10,15-17,23H,11H2,1H3/t15-,16-,17+,21+/m1/s1. The van der Waals surface area contributed by atoms with E-state index in [0.29, 0.717) is 5.02 Å². The maximum absolute atomic E-state index is 12.9. The van der Waals surface area contributed by atoms with Crippen LogP contribution < -0.4 is 5.32 Å². The van der Waals surface area contributed by atoms with E-state index in [1.807, 2.05) is 30.3 Å². The Morgan fingerprint density at radius 1 is 1.11 bits per heavy atom. The zero-order valence-corrected chi connectivity index (χ0v) is 15.8. The number of rotatable bonds is 4. The highest BCUT2D eigenvalue weighted by molar-refractivity contribution is 6.30. The summed E-state index contributed by atoms with van der Waals surface area (Å²) in [4.78, 5) is 38.1. The maximum Gasteiger partial charge on any atom is 0.327 e. The van der Waals surface area contributed by atoms with Gasteiger partial charge in [-0.05, 0) is 23.3 Å². The van der Waals surface area contributed by atoms with Crippen molar-refractivity contribution in [3.8, 4) is 0 Å². The molecule has 4 atom stereocenters. The SMILES string of the molecule is COC(=O)[C@@]1(Cc2ccccc2)N[C@@H](c2ccc(Cl)cc2)[C@@H]2C(=O)OC(=O)[C@@H]21. The van der Waals surface area contributed by atoms with Crippen molar-refractivity contribution in [1.29, 1.82) is 0 Å². The third-order valence-electron chi connectivity index (χ3n) is 5.49.